The third-order valence-electron chi connectivity index (χ3n) is 5.32. The van der Waals surface area contributed by atoms with E-state index < -0.39 is 5.91 Å². The summed E-state index contributed by atoms with van der Waals surface area (Å²) in [6.07, 6.45) is 1.49. The van der Waals surface area contributed by atoms with Gasteiger partial charge in [-0.1, -0.05) is 60.1 Å². The van der Waals surface area contributed by atoms with Gasteiger partial charge in [-0.15, -0.1) is 0 Å². The van der Waals surface area contributed by atoms with Crippen LogP contribution in [0, 0.1) is 11.3 Å². The maximum absolute atomic E-state index is 12.6. The van der Waals surface area contributed by atoms with Crippen LogP contribution >= 0.6 is 11.6 Å². The van der Waals surface area contributed by atoms with Crippen molar-refractivity contribution in [3.8, 4) is 17.6 Å². The quantitative estimate of drug-likeness (QED) is 0.216. The van der Waals surface area contributed by atoms with Crippen LogP contribution in [0.3, 0.4) is 0 Å². The molecular formula is C29H23ClN2O3. The Morgan fingerprint density at radius 3 is 2.51 bits per heavy atom. The molecule has 0 saturated carbocycles. The van der Waals surface area contributed by atoms with Gasteiger partial charge in [0.05, 0.1) is 11.6 Å². The normalized spacial score (nSPS) is 11.1. The molecule has 6 heteroatoms. The average Bonchev–Trinajstić information content (AvgIpc) is 2.88. The predicted molar refractivity (Wildman–Crippen MR) is 140 cm³/mol. The van der Waals surface area contributed by atoms with Gasteiger partial charge in [0.15, 0.2) is 0 Å². The van der Waals surface area contributed by atoms with E-state index in [0.717, 1.165) is 16.3 Å². The van der Waals surface area contributed by atoms with Crippen molar-refractivity contribution < 1.29 is 14.3 Å². The van der Waals surface area contributed by atoms with E-state index in [2.05, 4.69) is 23.5 Å². The van der Waals surface area contributed by atoms with E-state index in [1.807, 2.05) is 37.3 Å². The van der Waals surface area contributed by atoms with Crippen molar-refractivity contribution in [2.24, 2.45) is 0 Å². The Morgan fingerprint density at radius 1 is 1.00 bits per heavy atom. The van der Waals surface area contributed by atoms with Crippen molar-refractivity contribution in [2.75, 3.05) is 11.9 Å². The summed E-state index contributed by atoms with van der Waals surface area (Å²) in [6, 6.07) is 28.3. The fraction of sp³-hybridized carbons (Fsp3) is 0.103. The van der Waals surface area contributed by atoms with Gasteiger partial charge < -0.3 is 14.8 Å². The number of rotatable bonds is 8. The lowest BCUT2D eigenvalue weighted by Gasteiger charge is -2.11. The molecular weight excluding hydrogens is 460 g/mol. The summed E-state index contributed by atoms with van der Waals surface area (Å²) in [7, 11) is 0. The van der Waals surface area contributed by atoms with E-state index in [4.69, 9.17) is 21.1 Å². The Morgan fingerprint density at radius 2 is 1.77 bits per heavy atom. The molecule has 0 aliphatic heterocycles. The Balaban J connectivity index is 1.45. The van der Waals surface area contributed by atoms with Crippen molar-refractivity contribution in [1.82, 2.24) is 0 Å². The summed E-state index contributed by atoms with van der Waals surface area (Å²) in [5.41, 5.74) is 2.20. The molecule has 174 valence electrons. The van der Waals surface area contributed by atoms with Crippen molar-refractivity contribution in [3.63, 3.8) is 0 Å². The standard InChI is InChI=1S/C29H23ClN2O3/c1-2-34-25-13-11-24(12-14-25)32-29(33)23(18-31)16-20-10-15-28(27(30)17-20)35-19-22-8-5-7-21-6-3-4-9-26(21)22/h3-17H,2,19H2,1H3,(H,32,33)/b23-16+. The lowest BCUT2D eigenvalue weighted by molar-refractivity contribution is -0.112. The summed E-state index contributed by atoms with van der Waals surface area (Å²) < 4.78 is 11.4. The third kappa shape index (κ3) is 6.00. The molecule has 0 radical (unpaired) electrons. The van der Waals surface area contributed by atoms with Gasteiger partial charge in [-0.25, -0.2) is 0 Å². The van der Waals surface area contributed by atoms with Gasteiger partial charge in [0.1, 0.15) is 29.7 Å². The molecule has 0 atom stereocenters. The van der Waals surface area contributed by atoms with Gasteiger partial charge in [0.2, 0.25) is 0 Å². The van der Waals surface area contributed by atoms with Crippen molar-refractivity contribution >= 4 is 40.0 Å². The zero-order valence-electron chi connectivity index (χ0n) is 19.1. The van der Waals surface area contributed by atoms with Crippen LogP contribution in [0.25, 0.3) is 16.8 Å². The lowest BCUT2D eigenvalue weighted by Crippen LogP contribution is -2.13. The number of amides is 1. The number of hydrogen-bond acceptors (Lipinski definition) is 4. The van der Waals surface area contributed by atoms with E-state index in [1.54, 1.807) is 42.5 Å². The number of halogens is 1. The van der Waals surface area contributed by atoms with Gasteiger partial charge in [0, 0.05) is 5.69 Å². The Labute approximate surface area is 209 Å². The molecule has 35 heavy (non-hydrogen) atoms. The van der Waals surface area contributed by atoms with Crippen LogP contribution in [0.4, 0.5) is 5.69 Å². The molecule has 4 rings (SSSR count). The number of nitriles is 1. The molecule has 0 heterocycles. The number of hydrogen-bond donors (Lipinski definition) is 1. The minimum Gasteiger partial charge on any atom is -0.494 e. The fourth-order valence-electron chi connectivity index (χ4n) is 3.61. The highest BCUT2D eigenvalue weighted by Gasteiger charge is 2.11. The SMILES string of the molecule is CCOc1ccc(NC(=O)/C(C#N)=C/c2ccc(OCc3cccc4ccccc34)c(Cl)c2)cc1. The highest BCUT2D eigenvalue weighted by Crippen LogP contribution is 2.28. The third-order valence-corrected chi connectivity index (χ3v) is 5.61. The van der Waals surface area contributed by atoms with Crippen LogP contribution in [0.1, 0.15) is 18.1 Å². The first-order chi connectivity index (χ1) is 17.1. The van der Waals surface area contributed by atoms with E-state index in [9.17, 15) is 10.1 Å². The number of nitrogens with zero attached hydrogens (tertiary/aromatic N) is 1. The molecule has 0 aliphatic rings. The highest BCUT2D eigenvalue weighted by atomic mass is 35.5. The maximum atomic E-state index is 12.6. The van der Waals surface area contributed by atoms with Gasteiger partial charge in [0.25, 0.3) is 5.91 Å². The topological polar surface area (TPSA) is 71.3 Å². The molecule has 5 nitrogen and oxygen atoms in total. The Kier molecular flexibility index (Phi) is 7.67. The van der Waals surface area contributed by atoms with Crippen LogP contribution in [-0.2, 0) is 11.4 Å². The van der Waals surface area contributed by atoms with Crippen molar-refractivity contribution in [1.29, 1.82) is 5.26 Å². The molecule has 0 aliphatic carbocycles. The van der Waals surface area contributed by atoms with Crippen molar-refractivity contribution in [3.05, 3.63) is 107 Å². The highest BCUT2D eigenvalue weighted by molar-refractivity contribution is 6.32. The van der Waals surface area contributed by atoms with Gasteiger partial charge >= 0.3 is 0 Å². The van der Waals surface area contributed by atoms with Crippen LogP contribution < -0.4 is 14.8 Å². The van der Waals surface area contributed by atoms with Crippen LogP contribution in [0.5, 0.6) is 11.5 Å². The molecule has 0 spiro atoms. The van der Waals surface area contributed by atoms with Crippen molar-refractivity contribution in [2.45, 2.75) is 13.5 Å². The molecule has 0 unspecified atom stereocenters. The molecule has 1 N–H and O–H groups in total. The zero-order chi connectivity index (χ0) is 24.6. The minimum atomic E-state index is -0.510. The van der Waals surface area contributed by atoms with Gasteiger partial charge in [-0.2, -0.15) is 5.26 Å². The summed E-state index contributed by atoms with van der Waals surface area (Å²) in [6.45, 7) is 2.82. The van der Waals surface area contributed by atoms with E-state index in [-0.39, 0.29) is 5.57 Å². The second-order valence-corrected chi connectivity index (χ2v) is 8.11. The van der Waals surface area contributed by atoms with E-state index in [1.165, 1.54) is 6.08 Å². The number of fused-ring (bicyclic) bond motifs is 1. The fourth-order valence-corrected chi connectivity index (χ4v) is 3.86. The number of ether oxygens (including phenoxy) is 2. The van der Waals surface area contributed by atoms with Crippen LogP contribution in [-0.4, -0.2) is 12.5 Å². The van der Waals surface area contributed by atoms with Crippen LogP contribution in [0.2, 0.25) is 5.02 Å². The summed E-state index contributed by atoms with van der Waals surface area (Å²) in [4.78, 5) is 12.6. The number of anilines is 1. The first-order valence-electron chi connectivity index (χ1n) is 11.1. The van der Waals surface area contributed by atoms with Gasteiger partial charge in [-0.3, -0.25) is 4.79 Å². The maximum Gasteiger partial charge on any atom is 0.266 e. The molecule has 0 saturated heterocycles. The average molecular weight is 483 g/mol. The molecule has 4 aromatic rings. The summed E-state index contributed by atoms with van der Waals surface area (Å²) >= 11 is 6.44. The molecule has 0 fully saturated rings. The van der Waals surface area contributed by atoms with E-state index in [0.29, 0.717) is 41.0 Å². The van der Waals surface area contributed by atoms with Crippen LogP contribution in [0.15, 0.2) is 90.5 Å². The van der Waals surface area contributed by atoms with Gasteiger partial charge in [-0.05, 0) is 71.3 Å². The molecule has 0 aromatic heterocycles. The number of benzene rings is 4. The monoisotopic (exact) mass is 482 g/mol. The molecule has 1 amide bonds. The first-order valence-corrected chi connectivity index (χ1v) is 11.5. The lowest BCUT2D eigenvalue weighted by atomic mass is 10.1. The van der Waals surface area contributed by atoms with E-state index >= 15 is 0 Å². The molecule has 4 aromatic carbocycles. The zero-order valence-corrected chi connectivity index (χ0v) is 19.9. The molecule has 0 bridgehead atoms. The summed E-state index contributed by atoms with van der Waals surface area (Å²) in [5.74, 6) is 0.720. The largest absolute Gasteiger partial charge is 0.494 e. The second kappa shape index (κ2) is 11.2. The Hall–Kier alpha value is -4.27. The smallest absolute Gasteiger partial charge is 0.266 e. The first kappa shape index (κ1) is 23.9. The second-order valence-electron chi connectivity index (χ2n) is 7.70. The predicted octanol–water partition coefficient (Wildman–Crippen LogP) is 7.02. The minimum absolute atomic E-state index is 0.0422. The number of nitrogens with one attached hydrogen (secondary N) is 1. The number of carbonyl (C=O) groups is 1. The number of carbonyl (C=O) groups excluding carboxylic acids is 1. The summed E-state index contributed by atoms with van der Waals surface area (Å²) in [5, 5.41) is 14.9. The Bertz CT molecular complexity index is 1420.